The molecular weight excluding hydrogens is 1990 g/mol. The third-order valence-corrected chi connectivity index (χ3v) is 23.9. The van der Waals surface area contributed by atoms with Crippen LogP contribution in [0.2, 0.25) is 0 Å². The third-order valence-electron chi connectivity index (χ3n) is 23.4. The van der Waals surface area contributed by atoms with Gasteiger partial charge in [-0.1, -0.05) is 168 Å². The first-order valence-corrected chi connectivity index (χ1v) is 52.1. The van der Waals surface area contributed by atoms with Crippen LogP contribution in [0.3, 0.4) is 0 Å². The van der Waals surface area contributed by atoms with Gasteiger partial charge in [-0.2, -0.15) is 0 Å². The monoisotopic (exact) mass is 2150 g/mol. The highest BCUT2D eigenvalue weighted by molar-refractivity contribution is 6.76. The summed E-state index contributed by atoms with van der Waals surface area (Å²) in [4.78, 5) is 132. The number of carboxylic acids is 2. The maximum Gasteiger partial charge on any atom is 0.338 e. The van der Waals surface area contributed by atoms with E-state index in [1.165, 1.54) is 42.7 Å². The molecule has 3 aromatic rings. The number of carboxylic acid groups (broad SMARTS) is 2. The number of halogens is 3. The maximum atomic E-state index is 12.3. The SMILES string of the molecule is CC1O[C@@H](OC(=N)C(Cl)(Cl)Cl)C(OC(=O)c2ccccc2)C[C@H]1C.CC1O[C@@H](OCCCCC(=O)O)C(O)C[C@H]1O.COC(=O)CCCCCCCC(=O)O.COC(=O)CCCCCCCCO.COC(=O)CCCCCO.COC(=O)CCCCCO.COC(=O)CCCCO[C@@H]1OC(C)[C@H](C)CC1OC(=O)c1ccccc1.COC(=O)CCCCO[C@@H]1OC(C)[C@H](C)CC1OC(=O)c1ccccc1.O=C1CCCCO1. The Balaban J connectivity index is 0.00000168. The van der Waals surface area contributed by atoms with Gasteiger partial charge in [-0.15, -0.1) is 0 Å². The van der Waals surface area contributed by atoms with Crippen LogP contribution in [-0.4, -0.2) is 286 Å². The summed E-state index contributed by atoms with van der Waals surface area (Å²) in [7, 11) is 8.33. The predicted octanol–water partition coefficient (Wildman–Crippen LogP) is 17.1. The number of benzene rings is 3. The van der Waals surface area contributed by atoms with Gasteiger partial charge >= 0.3 is 71.6 Å². The number of aliphatic hydroxyl groups excluding tert-OH is 5. The number of ether oxygens (including phenoxy) is 18. The van der Waals surface area contributed by atoms with Crippen molar-refractivity contribution in [3.8, 4) is 0 Å². The van der Waals surface area contributed by atoms with Crippen molar-refractivity contribution in [3.05, 3.63) is 108 Å². The number of nitrogens with one attached hydrogen (secondary N) is 1. The van der Waals surface area contributed by atoms with E-state index in [4.69, 9.17) is 118 Å². The lowest BCUT2D eigenvalue weighted by atomic mass is 9.95. The van der Waals surface area contributed by atoms with E-state index >= 15 is 0 Å². The van der Waals surface area contributed by atoms with Crippen LogP contribution in [-0.2, 0) is 128 Å². The van der Waals surface area contributed by atoms with Crippen LogP contribution in [0.5, 0.6) is 0 Å². The molecule has 8 rings (SSSR count). The van der Waals surface area contributed by atoms with Gasteiger partial charge in [0.05, 0.1) is 96.5 Å². The second-order valence-electron chi connectivity index (χ2n) is 35.6. The second-order valence-corrected chi connectivity index (χ2v) is 37.8. The lowest BCUT2D eigenvalue weighted by Gasteiger charge is -2.38. The number of methoxy groups -OCH3 is 6. The van der Waals surface area contributed by atoms with E-state index in [1.807, 2.05) is 39.8 Å². The first-order chi connectivity index (χ1) is 70.2. The number of unbranched alkanes of at least 4 members (excludes halogenated alkanes) is 16. The van der Waals surface area contributed by atoms with Crippen LogP contribution in [0.1, 0.15) is 324 Å². The normalized spacial score (nSPS) is 21.5. The minimum atomic E-state index is -2.01. The zero-order valence-corrected chi connectivity index (χ0v) is 90.5. The van der Waals surface area contributed by atoms with Crippen molar-refractivity contribution in [1.29, 1.82) is 5.41 Å². The van der Waals surface area contributed by atoms with E-state index in [9.17, 15) is 67.7 Å². The minimum absolute atomic E-state index is 0.0294. The standard InChI is InChI=1S/2C20H28O6.C16H18Cl3NO4.C11H20O6.C10H18O4.C10H20O3.2C7H14O3.C5H8O2/c2*1-14-13-17(26-19(22)16-9-5-4-6-10-16)20(25-15(14)2)24-12-8-7-11-18(21)23-3;1-9-8-12(23-13(21)11-6-4-3-5-7-11)14(22-10(9)2)24-15(20)16(17,18)19;1-7-8(12)6-9(13)11(17-7)16-5-3-2-4-10(14)15;1-14-10(13)8-6-4-2-3-5-7-9(11)12;1-13-10(12)8-6-4-2-3-5-7-9-11;2*1-10-7(9)5-3-2-4-6-8;6-5-3-1-2-4-7-5/h2*4-6,9-10,14-15,17,20H,7-8,11-13H2,1-3H3;3-7,9-10,12,14,20H,8H2,1-2H3;7-9,11-13H,2-6H2,1H3,(H,14,15);2-8H2,1H3,(H,11,12);11H,2-9H2,1H3;2*8H,2-6H2,1H3;1-4H2/t2*14-,15?,17?,20-;9-,10?,12?,14+;7?,8-,9?,11-;;;;;/m1111...../s1. The molecule has 0 radical (unpaired) electrons. The van der Waals surface area contributed by atoms with Crippen molar-refractivity contribution >= 4 is 112 Å². The summed E-state index contributed by atoms with van der Waals surface area (Å²) >= 11 is 16.9. The molecule has 840 valence electrons. The molecule has 38 nitrogen and oxygen atoms in total. The molecule has 0 bridgehead atoms. The van der Waals surface area contributed by atoms with E-state index in [2.05, 4.69) is 47.0 Å². The summed E-state index contributed by atoms with van der Waals surface area (Å²) in [6.45, 7) is 16.3. The lowest BCUT2D eigenvalue weighted by molar-refractivity contribution is -0.261. The molecular formula is C106H168Cl3NO37. The van der Waals surface area contributed by atoms with Crippen molar-refractivity contribution in [2.45, 2.75) is 376 Å². The van der Waals surface area contributed by atoms with Crippen LogP contribution in [0, 0.1) is 23.2 Å². The van der Waals surface area contributed by atoms with Gasteiger partial charge in [-0.25, -0.2) is 14.4 Å². The highest BCUT2D eigenvalue weighted by atomic mass is 35.6. The van der Waals surface area contributed by atoms with E-state index < -0.39 is 83.3 Å². The van der Waals surface area contributed by atoms with Crippen LogP contribution < -0.4 is 0 Å². The average Bonchev–Trinajstić information content (AvgIpc) is 0.826. The highest BCUT2D eigenvalue weighted by Gasteiger charge is 2.43. The second kappa shape index (κ2) is 86.8. The molecule has 5 aliphatic heterocycles. The number of carbonyl (C=O) groups is 12. The Hall–Kier alpha value is -8.84. The molecule has 147 heavy (non-hydrogen) atoms. The predicted molar refractivity (Wildman–Crippen MR) is 546 cm³/mol. The number of carbonyl (C=O) groups excluding carboxylic acids is 10. The molecule has 0 aromatic heterocycles. The Morgan fingerprint density at radius 2 is 0.605 bits per heavy atom. The molecule has 0 aliphatic carbocycles. The molecule has 5 fully saturated rings. The molecule has 16 atom stereocenters. The Kier molecular flexibility index (Phi) is 81.6. The Bertz CT molecular complexity index is 3870. The zero-order chi connectivity index (χ0) is 110. The fourth-order valence-corrected chi connectivity index (χ4v) is 14.0. The van der Waals surface area contributed by atoms with Crippen LogP contribution >= 0.6 is 34.8 Å². The molecule has 3 aromatic carbocycles. The molecule has 5 heterocycles. The van der Waals surface area contributed by atoms with Gasteiger partial charge in [-0.05, 0) is 204 Å². The van der Waals surface area contributed by atoms with Crippen molar-refractivity contribution < 1.29 is 179 Å². The first kappa shape index (κ1) is 138. The summed E-state index contributed by atoms with van der Waals surface area (Å²) < 4.78 is 91.6. The summed E-state index contributed by atoms with van der Waals surface area (Å²) in [6, 6.07) is 26.4. The Morgan fingerprint density at radius 3 is 0.884 bits per heavy atom. The summed E-state index contributed by atoms with van der Waals surface area (Å²) in [5, 5.41) is 68.8. The lowest BCUT2D eigenvalue weighted by Crippen LogP contribution is -2.47. The molecule has 5 aliphatic rings. The first-order valence-electron chi connectivity index (χ1n) is 51.0. The van der Waals surface area contributed by atoms with E-state index in [0.29, 0.717) is 152 Å². The zero-order valence-electron chi connectivity index (χ0n) is 88.2. The molecule has 0 saturated carbocycles. The molecule has 8 unspecified atom stereocenters. The van der Waals surface area contributed by atoms with Crippen molar-refractivity contribution in [2.75, 3.05) is 88.9 Å². The number of hydrogen-bond acceptors (Lipinski definition) is 36. The minimum Gasteiger partial charge on any atom is -0.481 e. The van der Waals surface area contributed by atoms with Gasteiger partial charge in [-0.3, -0.25) is 48.6 Å². The van der Waals surface area contributed by atoms with Gasteiger partial charge in [0.25, 0.3) is 3.79 Å². The Morgan fingerprint density at radius 1 is 0.340 bits per heavy atom. The van der Waals surface area contributed by atoms with Crippen molar-refractivity contribution in [2.24, 2.45) is 17.8 Å². The average molecular weight is 2150 g/mol. The van der Waals surface area contributed by atoms with Crippen LogP contribution in [0.25, 0.3) is 0 Å². The highest BCUT2D eigenvalue weighted by Crippen LogP contribution is 2.35. The topological polar surface area (TPSA) is 536 Å². The van der Waals surface area contributed by atoms with E-state index in [1.54, 1.807) is 85.8 Å². The number of hydrogen-bond donors (Lipinski definition) is 8. The summed E-state index contributed by atoms with van der Waals surface area (Å²) in [6.07, 6.45) is 21.0. The molecule has 0 amide bonds. The molecule has 8 N–H and O–H groups in total. The number of alkyl halides is 3. The molecule has 5 saturated heterocycles. The maximum absolute atomic E-state index is 12.3. The van der Waals surface area contributed by atoms with Gasteiger partial charge in [0, 0.05) is 104 Å². The summed E-state index contributed by atoms with van der Waals surface area (Å²) in [5.74, 6) is -3.83. The van der Waals surface area contributed by atoms with Gasteiger partial charge in [0.1, 0.15) is 6.10 Å². The smallest absolute Gasteiger partial charge is 0.338 e. The van der Waals surface area contributed by atoms with Gasteiger partial charge in [0.2, 0.25) is 12.2 Å². The quantitative estimate of drug-likeness (QED) is 0.00650. The third kappa shape index (κ3) is 70.8. The van der Waals surface area contributed by atoms with Crippen molar-refractivity contribution in [1.82, 2.24) is 0 Å². The number of rotatable bonds is 51. The largest absolute Gasteiger partial charge is 0.481 e. The van der Waals surface area contributed by atoms with Gasteiger partial charge in [0.15, 0.2) is 37.2 Å². The fraction of sp³-hybridized carbons (Fsp3) is 0.708. The number of aliphatic carboxylic acids is 2. The summed E-state index contributed by atoms with van der Waals surface area (Å²) in [5.41, 5.74) is 1.44. The van der Waals surface area contributed by atoms with Crippen molar-refractivity contribution in [3.63, 3.8) is 0 Å². The fourth-order valence-electron chi connectivity index (χ4n) is 13.9. The molecule has 0 spiro atoms. The van der Waals surface area contributed by atoms with Gasteiger partial charge < -0.3 is 121 Å². The Labute approximate surface area is 882 Å². The van der Waals surface area contributed by atoms with Crippen LogP contribution in [0.4, 0.5) is 0 Å². The molecule has 41 heteroatoms. The number of esters is 10. The number of aliphatic hydroxyl groups is 5. The van der Waals surface area contributed by atoms with Crippen LogP contribution in [0.15, 0.2) is 91.0 Å². The van der Waals surface area contributed by atoms with E-state index in [-0.39, 0.29) is 128 Å². The number of cyclic esters (lactones) is 1. The van der Waals surface area contributed by atoms with E-state index in [0.717, 1.165) is 122 Å².